The van der Waals surface area contributed by atoms with E-state index in [1.165, 1.54) is 4.68 Å². The lowest BCUT2D eigenvalue weighted by Crippen LogP contribution is -2.22. The summed E-state index contributed by atoms with van der Waals surface area (Å²) in [5.41, 5.74) is 1.56. The van der Waals surface area contributed by atoms with Gasteiger partial charge in [-0.2, -0.15) is 5.10 Å². The molecule has 2 heterocycles. The quantitative estimate of drug-likeness (QED) is 0.623. The van der Waals surface area contributed by atoms with Crippen molar-refractivity contribution in [3.05, 3.63) is 64.8 Å². The molecular weight excluding hydrogens is 430 g/mol. The predicted octanol–water partition coefficient (Wildman–Crippen LogP) is 2.98. The fraction of sp³-hybridized carbons (Fsp3) is 0.200. The molecule has 156 valence electrons. The van der Waals surface area contributed by atoms with E-state index in [2.05, 4.69) is 10.4 Å². The molecule has 0 saturated heterocycles. The number of benzene rings is 2. The maximum atomic E-state index is 12.6. The Hall–Kier alpha value is -3.04. The van der Waals surface area contributed by atoms with Crippen molar-refractivity contribution in [1.82, 2.24) is 9.78 Å². The van der Waals surface area contributed by atoms with Crippen LogP contribution >= 0.6 is 11.6 Å². The lowest BCUT2D eigenvalue weighted by atomic mass is 10.2. The standard InChI is InChI=1S/C20H18ClN3O5S/c1-28-15-3-2-4-16(9-15)29-10-19(25)22-20-17-11-30(26,27)12-18(17)23-24(20)14-7-5-13(21)6-8-14/h2-9H,10-12H2,1H3,(H,22,25). The third-order valence-electron chi connectivity index (χ3n) is 4.53. The highest BCUT2D eigenvalue weighted by atomic mass is 35.5. The van der Waals surface area contributed by atoms with Crippen molar-refractivity contribution in [2.75, 3.05) is 19.0 Å². The minimum atomic E-state index is -3.28. The molecule has 4 rings (SSSR count). The number of sulfone groups is 1. The van der Waals surface area contributed by atoms with E-state index in [-0.39, 0.29) is 18.1 Å². The average Bonchev–Trinajstić information content (AvgIpc) is 3.19. The summed E-state index contributed by atoms with van der Waals surface area (Å²) in [6.07, 6.45) is 0. The van der Waals surface area contributed by atoms with E-state index in [1.807, 2.05) is 0 Å². The van der Waals surface area contributed by atoms with E-state index in [0.29, 0.717) is 39.3 Å². The summed E-state index contributed by atoms with van der Waals surface area (Å²) in [7, 11) is -1.74. The molecule has 1 aliphatic heterocycles. The van der Waals surface area contributed by atoms with Crippen LogP contribution in [0.1, 0.15) is 11.3 Å². The molecule has 3 aromatic rings. The third-order valence-corrected chi connectivity index (χ3v) is 6.22. The summed E-state index contributed by atoms with van der Waals surface area (Å²) in [4.78, 5) is 12.6. The number of halogens is 1. The monoisotopic (exact) mass is 447 g/mol. The van der Waals surface area contributed by atoms with E-state index < -0.39 is 15.7 Å². The molecule has 0 spiro atoms. The molecule has 1 amide bonds. The Balaban J connectivity index is 1.57. The van der Waals surface area contributed by atoms with Gasteiger partial charge in [-0.1, -0.05) is 17.7 Å². The molecule has 0 bridgehead atoms. The highest BCUT2D eigenvalue weighted by Crippen LogP contribution is 2.33. The van der Waals surface area contributed by atoms with Gasteiger partial charge in [0.2, 0.25) is 0 Å². The highest BCUT2D eigenvalue weighted by Gasteiger charge is 2.33. The Morgan fingerprint density at radius 3 is 2.63 bits per heavy atom. The van der Waals surface area contributed by atoms with Gasteiger partial charge in [-0.05, 0) is 36.4 Å². The van der Waals surface area contributed by atoms with Gasteiger partial charge in [0.1, 0.15) is 17.3 Å². The molecule has 8 nitrogen and oxygen atoms in total. The number of nitrogens with zero attached hydrogens (tertiary/aromatic N) is 2. The summed E-state index contributed by atoms with van der Waals surface area (Å²) >= 11 is 5.95. The molecule has 1 aliphatic rings. The minimum Gasteiger partial charge on any atom is -0.497 e. The van der Waals surface area contributed by atoms with Crippen LogP contribution in [0.3, 0.4) is 0 Å². The second kappa shape index (κ2) is 8.00. The van der Waals surface area contributed by atoms with Crippen molar-refractivity contribution in [3.63, 3.8) is 0 Å². The van der Waals surface area contributed by atoms with Gasteiger partial charge in [0.05, 0.1) is 30.0 Å². The first-order valence-corrected chi connectivity index (χ1v) is 11.2. The molecule has 2 aromatic carbocycles. The van der Waals surface area contributed by atoms with E-state index in [1.54, 1.807) is 55.6 Å². The maximum absolute atomic E-state index is 12.6. The molecule has 0 radical (unpaired) electrons. The molecule has 0 atom stereocenters. The second-order valence-corrected chi connectivity index (χ2v) is 9.21. The summed E-state index contributed by atoms with van der Waals surface area (Å²) in [5, 5.41) is 7.71. The fourth-order valence-corrected chi connectivity index (χ4v) is 4.77. The Bertz CT molecular complexity index is 1210. The Morgan fingerprint density at radius 1 is 1.17 bits per heavy atom. The van der Waals surface area contributed by atoms with Crippen LogP contribution in [-0.2, 0) is 26.1 Å². The number of nitrogens with one attached hydrogen (secondary N) is 1. The first-order chi connectivity index (χ1) is 14.3. The van der Waals surface area contributed by atoms with Crippen LogP contribution in [0, 0.1) is 0 Å². The van der Waals surface area contributed by atoms with Gasteiger partial charge in [0, 0.05) is 16.7 Å². The Morgan fingerprint density at radius 2 is 1.90 bits per heavy atom. The molecular formula is C20H18ClN3O5S. The van der Waals surface area contributed by atoms with Crippen LogP contribution in [0.5, 0.6) is 11.5 Å². The molecule has 30 heavy (non-hydrogen) atoms. The van der Waals surface area contributed by atoms with Crippen LogP contribution in [0.4, 0.5) is 5.82 Å². The number of hydrogen-bond donors (Lipinski definition) is 1. The van der Waals surface area contributed by atoms with Crippen molar-refractivity contribution in [3.8, 4) is 17.2 Å². The molecule has 1 aromatic heterocycles. The number of methoxy groups -OCH3 is 1. The number of hydrogen-bond acceptors (Lipinski definition) is 6. The largest absolute Gasteiger partial charge is 0.497 e. The zero-order chi connectivity index (χ0) is 21.3. The summed E-state index contributed by atoms with van der Waals surface area (Å²) in [6, 6.07) is 13.7. The summed E-state index contributed by atoms with van der Waals surface area (Å²) in [6.45, 7) is -0.263. The lowest BCUT2D eigenvalue weighted by Gasteiger charge is -2.12. The van der Waals surface area contributed by atoms with Crippen LogP contribution in [-0.4, -0.2) is 37.8 Å². The van der Waals surface area contributed by atoms with Crippen molar-refractivity contribution >= 4 is 33.2 Å². The second-order valence-electron chi connectivity index (χ2n) is 6.71. The van der Waals surface area contributed by atoms with Gasteiger partial charge >= 0.3 is 0 Å². The molecule has 0 saturated carbocycles. The predicted molar refractivity (Wildman–Crippen MR) is 112 cm³/mol. The van der Waals surface area contributed by atoms with Crippen molar-refractivity contribution in [2.24, 2.45) is 0 Å². The number of carbonyl (C=O) groups is 1. The minimum absolute atomic E-state index is 0.161. The van der Waals surface area contributed by atoms with Crippen LogP contribution in [0.25, 0.3) is 5.69 Å². The van der Waals surface area contributed by atoms with Gasteiger partial charge < -0.3 is 14.8 Å². The van der Waals surface area contributed by atoms with E-state index in [0.717, 1.165) is 0 Å². The molecule has 0 aliphatic carbocycles. The van der Waals surface area contributed by atoms with Crippen LogP contribution in [0.2, 0.25) is 5.02 Å². The van der Waals surface area contributed by atoms with Crippen LogP contribution < -0.4 is 14.8 Å². The van der Waals surface area contributed by atoms with Gasteiger partial charge in [-0.25, -0.2) is 13.1 Å². The van der Waals surface area contributed by atoms with Crippen molar-refractivity contribution < 1.29 is 22.7 Å². The van der Waals surface area contributed by atoms with Gasteiger partial charge in [0.25, 0.3) is 5.91 Å². The Kier molecular flexibility index (Phi) is 5.40. The van der Waals surface area contributed by atoms with E-state index >= 15 is 0 Å². The average molecular weight is 448 g/mol. The Labute approximate surface area is 178 Å². The number of anilines is 1. The zero-order valence-corrected chi connectivity index (χ0v) is 17.5. The van der Waals surface area contributed by atoms with Crippen molar-refractivity contribution in [2.45, 2.75) is 11.5 Å². The molecule has 0 unspecified atom stereocenters. The number of rotatable bonds is 6. The first kappa shape index (κ1) is 20.2. The van der Waals surface area contributed by atoms with E-state index in [9.17, 15) is 13.2 Å². The van der Waals surface area contributed by atoms with Gasteiger partial charge in [-0.3, -0.25) is 4.79 Å². The normalized spacial score (nSPS) is 14.2. The first-order valence-electron chi connectivity index (χ1n) is 8.98. The third kappa shape index (κ3) is 4.27. The number of aromatic nitrogens is 2. The zero-order valence-electron chi connectivity index (χ0n) is 16.0. The van der Waals surface area contributed by atoms with Gasteiger partial charge in [0.15, 0.2) is 16.4 Å². The van der Waals surface area contributed by atoms with Gasteiger partial charge in [-0.15, -0.1) is 0 Å². The number of carbonyl (C=O) groups excluding carboxylic acids is 1. The fourth-order valence-electron chi connectivity index (χ4n) is 3.15. The topological polar surface area (TPSA) is 99.5 Å². The maximum Gasteiger partial charge on any atom is 0.263 e. The van der Waals surface area contributed by atoms with Crippen molar-refractivity contribution in [1.29, 1.82) is 0 Å². The highest BCUT2D eigenvalue weighted by molar-refractivity contribution is 7.90. The smallest absolute Gasteiger partial charge is 0.263 e. The SMILES string of the molecule is COc1cccc(OCC(=O)Nc2c3c(nn2-c2ccc(Cl)cc2)CS(=O)(=O)C3)c1. The molecule has 10 heteroatoms. The van der Waals surface area contributed by atoms with Crippen LogP contribution in [0.15, 0.2) is 48.5 Å². The lowest BCUT2D eigenvalue weighted by molar-refractivity contribution is -0.118. The van der Waals surface area contributed by atoms with E-state index in [4.69, 9.17) is 21.1 Å². The summed E-state index contributed by atoms with van der Waals surface area (Å²) < 4.78 is 36.2. The number of amides is 1. The molecule has 1 N–H and O–H groups in total. The number of ether oxygens (including phenoxy) is 2. The number of fused-ring (bicyclic) bond motifs is 1. The summed E-state index contributed by atoms with van der Waals surface area (Å²) in [5.74, 6) is 0.613. The molecule has 0 fully saturated rings.